The Morgan fingerprint density at radius 3 is 2.54 bits per heavy atom. The highest BCUT2D eigenvalue weighted by molar-refractivity contribution is 7.08. The summed E-state index contributed by atoms with van der Waals surface area (Å²) in [5.41, 5.74) is 1.82. The number of nitrogens with zero attached hydrogens (tertiary/aromatic N) is 3. The summed E-state index contributed by atoms with van der Waals surface area (Å²) in [7, 11) is 0. The molecule has 1 fully saturated rings. The highest BCUT2D eigenvalue weighted by Crippen LogP contribution is 2.26. The summed E-state index contributed by atoms with van der Waals surface area (Å²) in [5.74, 6) is 0. The number of carbonyl (C=O) groups excluding carboxylic acids is 1. The van der Waals surface area contributed by atoms with Crippen molar-refractivity contribution in [2.24, 2.45) is 0 Å². The molecule has 2 aromatic heterocycles. The summed E-state index contributed by atoms with van der Waals surface area (Å²) in [4.78, 5) is 22.3. The number of amides is 1. The number of likely N-dealkylation sites (tertiary alicyclic amines) is 1. The van der Waals surface area contributed by atoms with E-state index in [0.717, 1.165) is 18.4 Å². The average molecular weight is 375 g/mol. The molecule has 140 valence electrons. The molecule has 3 heterocycles. The Morgan fingerprint density at radius 1 is 1.27 bits per heavy atom. The number of hydrogen-bond acceptors (Lipinski definition) is 6. The summed E-state index contributed by atoms with van der Waals surface area (Å²) in [5, 5.41) is 7.97. The fraction of sp³-hybridized carbons (Fsp3) is 0.526. The summed E-state index contributed by atoms with van der Waals surface area (Å²) in [6, 6.07) is 2.53. The maximum Gasteiger partial charge on any atom is 0.410 e. The molecule has 3 rings (SSSR count). The van der Waals surface area contributed by atoms with Crippen LogP contribution in [0.1, 0.15) is 50.8 Å². The fourth-order valence-electron chi connectivity index (χ4n) is 3.07. The maximum atomic E-state index is 12.2. The van der Waals surface area contributed by atoms with Crippen LogP contribution in [-0.2, 0) is 4.74 Å². The summed E-state index contributed by atoms with van der Waals surface area (Å²) < 4.78 is 5.47. The van der Waals surface area contributed by atoms with Crippen molar-refractivity contribution < 1.29 is 9.53 Å². The predicted molar refractivity (Wildman–Crippen MR) is 102 cm³/mol. The Kier molecular flexibility index (Phi) is 5.88. The standard InChI is InChI=1S/C19H26N4O2S/c1-19(2,3)25-18(24)23-7-4-16(5-8-23)22-17(14-6-9-26-12-14)15-10-20-13-21-11-15/h6,9-13,16-17,22H,4-5,7-8H2,1-3H3. The normalized spacial score (nSPS) is 17.1. The molecule has 0 bridgehead atoms. The van der Waals surface area contributed by atoms with Gasteiger partial charge in [-0.05, 0) is 56.0 Å². The lowest BCUT2D eigenvalue weighted by Gasteiger charge is -2.35. The van der Waals surface area contributed by atoms with Gasteiger partial charge >= 0.3 is 6.09 Å². The Labute approximate surface area is 158 Å². The third kappa shape index (κ3) is 5.02. The molecule has 0 spiro atoms. The topological polar surface area (TPSA) is 67.3 Å². The first-order chi connectivity index (χ1) is 12.4. The van der Waals surface area contributed by atoms with Crippen LogP contribution >= 0.6 is 11.3 Å². The first-order valence-corrected chi connectivity index (χ1v) is 9.87. The lowest BCUT2D eigenvalue weighted by molar-refractivity contribution is 0.0196. The molecular formula is C19H26N4O2S. The number of nitrogens with one attached hydrogen (secondary N) is 1. The van der Waals surface area contributed by atoms with Gasteiger partial charge in [0, 0.05) is 37.1 Å². The molecule has 2 aromatic rings. The highest BCUT2D eigenvalue weighted by Gasteiger charge is 2.28. The lowest BCUT2D eigenvalue weighted by atomic mass is 9.99. The molecule has 1 aliphatic heterocycles. The van der Waals surface area contributed by atoms with Crippen LogP contribution in [0.15, 0.2) is 35.5 Å². The van der Waals surface area contributed by atoms with E-state index >= 15 is 0 Å². The van der Waals surface area contributed by atoms with Crippen molar-refractivity contribution in [3.63, 3.8) is 0 Å². The zero-order chi connectivity index (χ0) is 18.6. The van der Waals surface area contributed by atoms with Crippen molar-refractivity contribution in [3.05, 3.63) is 46.7 Å². The number of rotatable bonds is 4. The number of aromatic nitrogens is 2. The van der Waals surface area contributed by atoms with Crippen LogP contribution < -0.4 is 5.32 Å². The van der Waals surface area contributed by atoms with Gasteiger partial charge in [-0.15, -0.1) is 0 Å². The van der Waals surface area contributed by atoms with Gasteiger partial charge in [-0.1, -0.05) is 0 Å². The molecule has 0 aliphatic carbocycles. The van der Waals surface area contributed by atoms with Crippen molar-refractivity contribution in [2.75, 3.05) is 13.1 Å². The molecule has 1 saturated heterocycles. The Bertz CT molecular complexity index is 692. The van der Waals surface area contributed by atoms with Gasteiger partial charge in [0.2, 0.25) is 0 Å². The van der Waals surface area contributed by atoms with E-state index in [0.29, 0.717) is 19.1 Å². The van der Waals surface area contributed by atoms with E-state index < -0.39 is 5.60 Å². The van der Waals surface area contributed by atoms with Gasteiger partial charge in [-0.3, -0.25) is 0 Å². The van der Waals surface area contributed by atoms with Crippen molar-refractivity contribution in [3.8, 4) is 0 Å². The molecule has 1 N–H and O–H groups in total. The van der Waals surface area contributed by atoms with Crippen LogP contribution in [-0.4, -0.2) is 45.7 Å². The third-order valence-electron chi connectivity index (χ3n) is 4.34. The zero-order valence-electron chi connectivity index (χ0n) is 15.5. The Balaban J connectivity index is 1.61. The smallest absolute Gasteiger partial charge is 0.410 e. The minimum Gasteiger partial charge on any atom is -0.444 e. The van der Waals surface area contributed by atoms with Crippen molar-refractivity contribution in [1.82, 2.24) is 20.2 Å². The molecule has 1 unspecified atom stereocenters. The van der Waals surface area contributed by atoms with E-state index in [4.69, 9.17) is 4.74 Å². The van der Waals surface area contributed by atoms with E-state index in [9.17, 15) is 4.79 Å². The van der Waals surface area contributed by atoms with Crippen LogP contribution in [0.2, 0.25) is 0 Å². The predicted octanol–water partition coefficient (Wildman–Crippen LogP) is 3.62. The molecule has 6 nitrogen and oxygen atoms in total. The highest BCUT2D eigenvalue weighted by atomic mass is 32.1. The number of piperidine rings is 1. The van der Waals surface area contributed by atoms with Gasteiger partial charge in [-0.2, -0.15) is 11.3 Å². The van der Waals surface area contributed by atoms with Crippen LogP contribution in [0.4, 0.5) is 4.79 Å². The molecular weight excluding hydrogens is 348 g/mol. The lowest BCUT2D eigenvalue weighted by Crippen LogP contribution is -2.47. The first-order valence-electron chi connectivity index (χ1n) is 8.93. The monoisotopic (exact) mass is 374 g/mol. The summed E-state index contributed by atoms with van der Waals surface area (Å²) in [6.07, 6.45) is 6.84. The number of ether oxygens (including phenoxy) is 1. The van der Waals surface area contributed by atoms with Gasteiger partial charge in [0.25, 0.3) is 0 Å². The number of carbonyl (C=O) groups is 1. The second-order valence-corrected chi connectivity index (χ2v) is 8.35. The van der Waals surface area contributed by atoms with Crippen molar-refractivity contribution >= 4 is 17.4 Å². The molecule has 0 radical (unpaired) electrons. The zero-order valence-corrected chi connectivity index (χ0v) is 16.3. The first kappa shape index (κ1) is 18.8. The number of hydrogen-bond donors (Lipinski definition) is 1. The minimum absolute atomic E-state index is 0.0699. The second kappa shape index (κ2) is 8.14. The van der Waals surface area contributed by atoms with Crippen molar-refractivity contribution in [1.29, 1.82) is 0 Å². The third-order valence-corrected chi connectivity index (χ3v) is 5.04. The van der Waals surface area contributed by atoms with Crippen LogP contribution in [0, 0.1) is 0 Å². The molecule has 1 aliphatic rings. The van der Waals surface area contributed by atoms with Gasteiger partial charge in [0.15, 0.2) is 0 Å². The van der Waals surface area contributed by atoms with E-state index in [-0.39, 0.29) is 12.1 Å². The maximum absolute atomic E-state index is 12.2. The van der Waals surface area contributed by atoms with Gasteiger partial charge in [0.05, 0.1) is 6.04 Å². The van der Waals surface area contributed by atoms with Crippen LogP contribution in [0.5, 0.6) is 0 Å². The number of thiophene rings is 1. The largest absolute Gasteiger partial charge is 0.444 e. The van der Waals surface area contributed by atoms with Gasteiger partial charge in [0.1, 0.15) is 11.9 Å². The van der Waals surface area contributed by atoms with E-state index in [1.54, 1.807) is 22.6 Å². The summed E-state index contributed by atoms with van der Waals surface area (Å²) in [6.45, 7) is 7.09. The fourth-order valence-corrected chi connectivity index (χ4v) is 3.76. The minimum atomic E-state index is -0.455. The Hall–Kier alpha value is -1.99. The van der Waals surface area contributed by atoms with Crippen LogP contribution in [0.3, 0.4) is 0 Å². The average Bonchev–Trinajstić information content (AvgIpc) is 3.14. The van der Waals surface area contributed by atoms with E-state index in [1.165, 1.54) is 5.56 Å². The van der Waals surface area contributed by atoms with Crippen LogP contribution in [0.25, 0.3) is 0 Å². The molecule has 1 atom stereocenters. The van der Waals surface area contributed by atoms with E-state index in [1.807, 2.05) is 33.2 Å². The van der Waals surface area contributed by atoms with E-state index in [2.05, 4.69) is 32.1 Å². The Morgan fingerprint density at radius 2 is 1.96 bits per heavy atom. The SMILES string of the molecule is CC(C)(C)OC(=O)N1CCC(NC(c2cncnc2)c2ccsc2)CC1. The quantitative estimate of drug-likeness (QED) is 0.885. The molecule has 7 heteroatoms. The van der Waals surface area contributed by atoms with Crippen molar-refractivity contribution in [2.45, 2.75) is 51.3 Å². The second-order valence-electron chi connectivity index (χ2n) is 7.57. The van der Waals surface area contributed by atoms with Gasteiger partial charge in [-0.25, -0.2) is 14.8 Å². The molecule has 26 heavy (non-hydrogen) atoms. The van der Waals surface area contributed by atoms with Gasteiger partial charge < -0.3 is 15.0 Å². The molecule has 1 amide bonds. The summed E-state index contributed by atoms with van der Waals surface area (Å²) >= 11 is 1.68. The molecule has 0 aromatic carbocycles. The molecule has 0 saturated carbocycles.